The number of carbonyl (C=O) groups is 1. The highest BCUT2D eigenvalue weighted by Crippen LogP contribution is 2.34. The van der Waals surface area contributed by atoms with Crippen LogP contribution < -0.4 is 5.32 Å². The molecule has 126 valence electrons. The Hall–Kier alpha value is -2.46. The molecule has 0 saturated carbocycles. The second-order valence-corrected chi connectivity index (χ2v) is 5.43. The van der Waals surface area contributed by atoms with E-state index in [0.717, 1.165) is 6.07 Å². The van der Waals surface area contributed by atoms with Gasteiger partial charge in [0.05, 0.1) is 28.4 Å². The summed E-state index contributed by atoms with van der Waals surface area (Å²) >= 11 is 5.96. The Kier molecular flexibility index (Phi) is 4.90. The van der Waals surface area contributed by atoms with Crippen LogP contribution in [0.5, 0.6) is 0 Å². The number of hydrogen-bond acceptors (Lipinski definition) is 2. The second-order valence-electron chi connectivity index (χ2n) is 5.03. The first-order valence-corrected chi connectivity index (χ1v) is 7.15. The van der Waals surface area contributed by atoms with E-state index < -0.39 is 11.7 Å². The van der Waals surface area contributed by atoms with Crippen LogP contribution in [0.2, 0.25) is 5.02 Å². The monoisotopic (exact) mass is 355 g/mol. The number of rotatable bonds is 3. The number of pyridine rings is 1. The van der Waals surface area contributed by atoms with E-state index >= 15 is 0 Å². The van der Waals surface area contributed by atoms with Gasteiger partial charge in [-0.3, -0.25) is 9.78 Å². The van der Waals surface area contributed by atoms with Gasteiger partial charge in [0.1, 0.15) is 5.69 Å². The molecule has 0 aliphatic heterocycles. The van der Waals surface area contributed by atoms with Gasteiger partial charge in [-0.2, -0.15) is 13.2 Å². The van der Waals surface area contributed by atoms with Crippen molar-refractivity contribution in [3.05, 3.63) is 40.2 Å². The van der Waals surface area contributed by atoms with Gasteiger partial charge in [-0.25, -0.2) is 0 Å². The number of amides is 1. The maximum atomic E-state index is 12.7. The van der Waals surface area contributed by atoms with E-state index in [9.17, 15) is 18.0 Å². The highest BCUT2D eigenvalue weighted by molar-refractivity contribution is 6.33. The van der Waals surface area contributed by atoms with Gasteiger partial charge in [0.2, 0.25) is 0 Å². The summed E-state index contributed by atoms with van der Waals surface area (Å²) in [6.45, 7) is 1.77. The van der Waals surface area contributed by atoms with Crippen LogP contribution in [0.1, 0.15) is 21.6 Å². The van der Waals surface area contributed by atoms with E-state index in [-0.39, 0.29) is 23.2 Å². The minimum Gasteiger partial charge on any atom is -0.346 e. The Balaban J connectivity index is 2.47. The number of nitrogens with zero attached hydrogens (tertiary/aromatic N) is 2. The van der Waals surface area contributed by atoms with Gasteiger partial charge in [-0.1, -0.05) is 17.5 Å². The molecule has 0 aliphatic rings. The average Bonchev–Trinajstić information content (AvgIpc) is 2.80. The summed E-state index contributed by atoms with van der Waals surface area (Å²) in [6, 6.07) is 2.33. The van der Waals surface area contributed by atoms with Crippen LogP contribution in [0.3, 0.4) is 0 Å². The molecule has 2 aromatic heterocycles. The fraction of sp³-hybridized carbons (Fsp3) is 0.250. The standard InChI is InChI=1S/C16H13ClF3N3O/c1-4-5-21-15(24)11-7-13(23(3)9(11)2)14-12(17)6-10(8-22-14)16(18,19)20/h1,6-8H,5H2,2-3H3,(H,21,24). The van der Waals surface area contributed by atoms with Crippen molar-refractivity contribution in [1.82, 2.24) is 14.9 Å². The third-order valence-electron chi connectivity index (χ3n) is 3.54. The first-order valence-electron chi connectivity index (χ1n) is 6.78. The zero-order valence-electron chi connectivity index (χ0n) is 12.8. The van der Waals surface area contributed by atoms with E-state index in [1.807, 2.05) is 0 Å². The molecule has 2 heterocycles. The molecular weight excluding hydrogens is 343 g/mol. The van der Waals surface area contributed by atoms with Crippen molar-refractivity contribution in [3.8, 4) is 23.7 Å². The maximum Gasteiger partial charge on any atom is 0.417 e. The summed E-state index contributed by atoms with van der Waals surface area (Å²) in [5, 5.41) is 2.38. The fourth-order valence-electron chi connectivity index (χ4n) is 2.16. The van der Waals surface area contributed by atoms with Gasteiger partial charge in [0, 0.05) is 18.9 Å². The summed E-state index contributed by atoms with van der Waals surface area (Å²) in [4.78, 5) is 15.9. The summed E-state index contributed by atoms with van der Waals surface area (Å²) in [5.74, 6) is 1.91. The van der Waals surface area contributed by atoms with Gasteiger partial charge < -0.3 is 9.88 Å². The van der Waals surface area contributed by atoms with Crippen LogP contribution in [0.25, 0.3) is 11.4 Å². The molecule has 2 rings (SSSR count). The minimum atomic E-state index is -4.53. The Morgan fingerprint density at radius 3 is 2.67 bits per heavy atom. The zero-order valence-corrected chi connectivity index (χ0v) is 13.6. The molecule has 8 heteroatoms. The Morgan fingerprint density at radius 2 is 2.12 bits per heavy atom. The van der Waals surface area contributed by atoms with Crippen LogP contribution in [0.15, 0.2) is 18.3 Å². The number of nitrogens with one attached hydrogen (secondary N) is 1. The number of aromatic nitrogens is 2. The summed E-state index contributed by atoms with van der Waals surface area (Å²) in [5.41, 5.74) is 0.607. The van der Waals surface area contributed by atoms with Crippen molar-refractivity contribution >= 4 is 17.5 Å². The lowest BCUT2D eigenvalue weighted by Crippen LogP contribution is -2.23. The molecule has 0 saturated heterocycles. The van der Waals surface area contributed by atoms with Crippen molar-refractivity contribution in [1.29, 1.82) is 0 Å². The Morgan fingerprint density at radius 1 is 1.46 bits per heavy atom. The molecule has 0 bridgehead atoms. The van der Waals surface area contributed by atoms with Crippen molar-refractivity contribution in [2.24, 2.45) is 7.05 Å². The lowest BCUT2D eigenvalue weighted by Gasteiger charge is -2.10. The molecule has 0 aromatic carbocycles. The molecule has 0 radical (unpaired) electrons. The largest absolute Gasteiger partial charge is 0.417 e. The van der Waals surface area contributed by atoms with E-state index in [0.29, 0.717) is 23.1 Å². The van der Waals surface area contributed by atoms with E-state index in [1.165, 1.54) is 6.07 Å². The molecule has 0 atom stereocenters. The van der Waals surface area contributed by atoms with Crippen LogP contribution in [-0.2, 0) is 13.2 Å². The number of carbonyl (C=O) groups excluding carboxylic acids is 1. The van der Waals surface area contributed by atoms with Crippen molar-refractivity contribution in [2.45, 2.75) is 13.1 Å². The average molecular weight is 356 g/mol. The molecule has 4 nitrogen and oxygen atoms in total. The van der Waals surface area contributed by atoms with E-state index in [2.05, 4.69) is 16.2 Å². The van der Waals surface area contributed by atoms with Crippen molar-refractivity contribution < 1.29 is 18.0 Å². The van der Waals surface area contributed by atoms with Gasteiger partial charge in [0.25, 0.3) is 5.91 Å². The van der Waals surface area contributed by atoms with Crippen LogP contribution in [-0.4, -0.2) is 22.0 Å². The quantitative estimate of drug-likeness (QED) is 0.857. The number of halogens is 4. The summed E-state index contributed by atoms with van der Waals surface area (Å²) < 4.78 is 39.7. The van der Waals surface area contributed by atoms with E-state index in [4.69, 9.17) is 18.0 Å². The van der Waals surface area contributed by atoms with Gasteiger partial charge in [-0.05, 0) is 19.1 Å². The normalized spacial score (nSPS) is 11.2. The molecular formula is C16H13ClF3N3O. The van der Waals surface area contributed by atoms with Gasteiger partial charge >= 0.3 is 6.18 Å². The third kappa shape index (κ3) is 3.39. The highest BCUT2D eigenvalue weighted by atomic mass is 35.5. The molecule has 0 spiro atoms. The first-order chi connectivity index (χ1) is 11.2. The molecule has 2 aromatic rings. The number of terminal acetylenes is 1. The van der Waals surface area contributed by atoms with Crippen LogP contribution in [0, 0.1) is 19.3 Å². The molecule has 1 N–H and O–H groups in total. The van der Waals surface area contributed by atoms with Crippen LogP contribution in [0.4, 0.5) is 13.2 Å². The molecule has 0 fully saturated rings. The second kappa shape index (κ2) is 6.57. The Bertz CT molecular complexity index is 834. The SMILES string of the molecule is C#CCNC(=O)c1cc(-c2ncc(C(F)(F)F)cc2Cl)n(C)c1C. The highest BCUT2D eigenvalue weighted by Gasteiger charge is 2.32. The van der Waals surface area contributed by atoms with Crippen molar-refractivity contribution in [2.75, 3.05) is 6.54 Å². The number of hydrogen-bond donors (Lipinski definition) is 1. The smallest absolute Gasteiger partial charge is 0.346 e. The summed E-state index contributed by atoms with van der Waals surface area (Å²) in [6.07, 6.45) is 1.28. The first kappa shape index (κ1) is 17.9. The van der Waals surface area contributed by atoms with E-state index in [1.54, 1.807) is 18.5 Å². The third-order valence-corrected chi connectivity index (χ3v) is 3.83. The maximum absolute atomic E-state index is 12.7. The summed E-state index contributed by atoms with van der Waals surface area (Å²) in [7, 11) is 1.66. The molecule has 1 amide bonds. The topological polar surface area (TPSA) is 46.9 Å². The molecule has 24 heavy (non-hydrogen) atoms. The molecule has 0 aliphatic carbocycles. The van der Waals surface area contributed by atoms with Gasteiger partial charge in [0.15, 0.2) is 0 Å². The van der Waals surface area contributed by atoms with Gasteiger partial charge in [-0.15, -0.1) is 6.42 Å². The van der Waals surface area contributed by atoms with Crippen LogP contribution >= 0.6 is 11.6 Å². The minimum absolute atomic E-state index is 0.0712. The zero-order chi connectivity index (χ0) is 18.1. The Labute approximate surface area is 141 Å². The number of alkyl halides is 3. The predicted octanol–water partition coefficient (Wildman–Crippen LogP) is 3.43. The van der Waals surface area contributed by atoms with Crippen molar-refractivity contribution in [3.63, 3.8) is 0 Å². The lowest BCUT2D eigenvalue weighted by atomic mass is 10.2. The predicted molar refractivity (Wildman–Crippen MR) is 84.6 cm³/mol. The fourth-order valence-corrected chi connectivity index (χ4v) is 2.43. The molecule has 0 unspecified atom stereocenters. The lowest BCUT2D eigenvalue weighted by molar-refractivity contribution is -0.137.